The number of fused-ring (bicyclic) bond motifs is 1. The van der Waals surface area contributed by atoms with E-state index < -0.39 is 0 Å². The number of nitrogens with zero attached hydrogens (tertiary/aromatic N) is 1. The van der Waals surface area contributed by atoms with Crippen molar-refractivity contribution in [3.05, 3.63) is 64.7 Å². The van der Waals surface area contributed by atoms with E-state index in [1.165, 1.54) is 22.4 Å². The molecule has 0 fully saturated rings. The van der Waals surface area contributed by atoms with Crippen LogP contribution in [-0.2, 0) is 6.54 Å². The van der Waals surface area contributed by atoms with Gasteiger partial charge < -0.3 is 9.64 Å². The van der Waals surface area contributed by atoms with Crippen LogP contribution in [0.5, 0.6) is 5.75 Å². The van der Waals surface area contributed by atoms with Gasteiger partial charge in [-0.3, -0.25) is 0 Å². The summed E-state index contributed by atoms with van der Waals surface area (Å²) in [4.78, 5) is 2.30. The number of hydrogen-bond donors (Lipinski definition) is 0. The van der Waals surface area contributed by atoms with Crippen LogP contribution in [0.15, 0.2) is 42.5 Å². The van der Waals surface area contributed by atoms with Crippen molar-refractivity contribution in [1.29, 1.82) is 0 Å². The second-order valence-corrected chi connectivity index (χ2v) is 7.06. The molecule has 0 bridgehead atoms. The van der Waals surface area contributed by atoms with Crippen LogP contribution in [0.25, 0.3) is 6.08 Å². The van der Waals surface area contributed by atoms with E-state index in [0.717, 1.165) is 17.9 Å². The molecule has 0 N–H and O–H groups in total. The van der Waals surface area contributed by atoms with Gasteiger partial charge >= 0.3 is 0 Å². The zero-order chi connectivity index (χ0) is 16.6. The van der Waals surface area contributed by atoms with Crippen molar-refractivity contribution < 1.29 is 4.74 Å². The van der Waals surface area contributed by atoms with Crippen LogP contribution in [0.3, 0.4) is 0 Å². The largest absolute Gasteiger partial charge is 0.483 e. The summed E-state index contributed by atoms with van der Waals surface area (Å²) in [6.45, 7) is 9.34. The minimum Gasteiger partial charge on any atom is -0.483 e. The smallest absolute Gasteiger partial charge is 0.127 e. The second kappa shape index (κ2) is 5.77. The lowest BCUT2D eigenvalue weighted by Gasteiger charge is -2.28. The van der Waals surface area contributed by atoms with Gasteiger partial charge in [0.2, 0.25) is 0 Å². The van der Waals surface area contributed by atoms with E-state index in [1.807, 2.05) is 0 Å². The highest BCUT2D eigenvalue weighted by atomic mass is 16.5. The summed E-state index contributed by atoms with van der Waals surface area (Å²) >= 11 is 0. The molecule has 0 aromatic heterocycles. The van der Waals surface area contributed by atoms with E-state index in [4.69, 9.17) is 4.74 Å². The number of benzene rings is 2. The second-order valence-electron chi connectivity index (χ2n) is 7.06. The van der Waals surface area contributed by atoms with Gasteiger partial charge in [-0.05, 0) is 63.1 Å². The number of ether oxygens (including phenoxy) is 1. The summed E-state index contributed by atoms with van der Waals surface area (Å²) in [6.07, 6.45) is 4.28. The lowest BCUT2D eigenvalue weighted by Crippen LogP contribution is -2.27. The standard InChI is InChI=1S/C21H25NO/c1-15-6-8-19(16(2)12-15)22(5)14-17-7-9-20-18(13-17)10-11-21(3,4)23-20/h6-13H,14H2,1-5H3. The van der Waals surface area contributed by atoms with Crippen LogP contribution in [0.4, 0.5) is 5.69 Å². The third kappa shape index (κ3) is 3.42. The Morgan fingerprint density at radius 1 is 1.04 bits per heavy atom. The molecule has 0 saturated heterocycles. The predicted octanol–water partition coefficient (Wildman–Crippen LogP) is 5.12. The number of anilines is 1. The lowest BCUT2D eigenvalue weighted by molar-refractivity contribution is 0.159. The Morgan fingerprint density at radius 2 is 1.83 bits per heavy atom. The van der Waals surface area contributed by atoms with Crippen molar-refractivity contribution in [1.82, 2.24) is 0 Å². The molecule has 2 aromatic rings. The highest BCUT2D eigenvalue weighted by Crippen LogP contribution is 2.32. The number of aryl methyl sites for hydroxylation is 2. The van der Waals surface area contributed by atoms with Crippen molar-refractivity contribution in [3.8, 4) is 5.75 Å². The summed E-state index contributed by atoms with van der Waals surface area (Å²) in [6, 6.07) is 13.1. The van der Waals surface area contributed by atoms with Crippen LogP contribution in [-0.4, -0.2) is 12.6 Å². The van der Waals surface area contributed by atoms with Crippen molar-refractivity contribution >= 4 is 11.8 Å². The molecule has 0 spiro atoms. The molecule has 0 atom stereocenters. The molecule has 3 rings (SSSR count). The van der Waals surface area contributed by atoms with Crippen LogP contribution in [0.2, 0.25) is 0 Å². The SMILES string of the molecule is Cc1ccc(N(C)Cc2ccc3c(c2)C=CC(C)(C)O3)c(C)c1. The van der Waals surface area contributed by atoms with Crippen molar-refractivity contribution in [3.63, 3.8) is 0 Å². The summed E-state index contributed by atoms with van der Waals surface area (Å²) in [7, 11) is 2.15. The van der Waals surface area contributed by atoms with E-state index in [0.29, 0.717) is 0 Å². The van der Waals surface area contributed by atoms with Crippen molar-refractivity contribution in [2.24, 2.45) is 0 Å². The molecule has 2 nitrogen and oxygen atoms in total. The van der Waals surface area contributed by atoms with Crippen LogP contribution in [0.1, 0.15) is 36.1 Å². The molecule has 0 amide bonds. The molecule has 0 saturated carbocycles. The van der Waals surface area contributed by atoms with Crippen molar-refractivity contribution in [2.45, 2.75) is 39.8 Å². The monoisotopic (exact) mass is 307 g/mol. The van der Waals surface area contributed by atoms with E-state index in [2.05, 4.69) is 88.2 Å². The van der Waals surface area contributed by atoms with Gasteiger partial charge in [0.1, 0.15) is 11.4 Å². The van der Waals surface area contributed by atoms with Gasteiger partial charge in [0.25, 0.3) is 0 Å². The third-order valence-electron chi connectivity index (χ3n) is 4.29. The average Bonchev–Trinajstić information content (AvgIpc) is 2.46. The van der Waals surface area contributed by atoms with Gasteiger partial charge in [0.15, 0.2) is 0 Å². The first-order chi connectivity index (χ1) is 10.8. The molecular formula is C21H25NO. The van der Waals surface area contributed by atoms with E-state index >= 15 is 0 Å². The van der Waals surface area contributed by atoms with Crippen molar-refractivity contribution in [2.75, 3.05) is 11.9 Å². The summed E-state index contributed by atoms with van der Waals surface area (Å²) in [5, 5.41) is 0. The molecule has 0 radical (unpaired) electrons. The Hall–Kier alpha value is -2.22. The average molecular weight is 307 g/mol. The zero-order valence-electron chi connectivity index (χ0n) is 14.7. The molecule has 0 aliphatic carbocycles. The van der Waals surface area contributed by atoms with Gasteiger partial charge in [-0.25, -0.2) is 0 Å². The maximum absolute atomic E-state index is 6.00. The Balaban J connectivity index is 1.81. The first kappa shape index (κ1) is 15.7. The fourth-order valence-electron chi connectivity index (χ4n) is 3.12. The lowest BCUT2D eigenvalue weighted by atomic mass is 10.0. The normalized spacial score (nSPS) is 15.0. The Kier molecular flexibility index (Phi) is 3.93. The number of rotatable bonds is 3. The summed E-state index contributed by atoms with van der Waals surface area (Å²) in [5.41, 5.74) is 6.13. The Bertz CT molecular complexity index is 758. The minimum absolute atomic E-state index is 0.218. The molecule has 2 aromatic carbocycles. The molecule has 23 heavy (non-hydrogen) atoms. The van der Waals surface area contributed by atoms with E-state index in [-0.39, 0.29) is 5.60 Å². The van der Waals surface area contributed by atoms with Gasteiger partial charge in [-0.2, -0.15) is 0 Å². The summed E-state index contributed by atoms with van der Waals surface area (Å²) < 4.78 is 6.00. The molecule has 1 heterocycles. The van der Waals surface area contributed by atoms with Gasteiger partial charge in [0.05, 0.1) is 0 Å². The first-order valence-electron chi connectivity index (χ1n) is 8.14. The molecular weight excluding hydrogens is 282 g/mol. The fourth-order valence-corrected chi connectivity index (χ4v) is 3.12. The number of hydrogen-bond acceptors (Lipinski definition) is 2. The molecule has 1 aliphatic rings. The maximum Gasteiger partial charge on any atom is 0.127 e. The van der Waals surface area contributed by atoms with Crippen LogP contribution in [0, 0.1) is 13.8 Å². The highest BCUT2D eigenvalue weighted by molar-refractivity contribution is 5.62. The molecule has 0 unspecified atom stereocenters. The van der Waals surface area contributed by atoms with Gasteiger partial charge in [-0.15, -0.1) is 0 Å². The van der Waals surface area contributed by atoms with E-state index in [9.17, 15) is 0 Å². The van der Waals surface area contributed by atoms with Crippen LogP contribution < -0.4 is 9.64 Å². The third-order valence-corrected chi connectivity index (χ3v) is 4.29. The van der Waals surface area contributed by atoms with Gasteiger partial charge in [0, 0.05) is 24.8 Å². The first-order valence-corrected chi connectivity index (χ1v) is 8.14. The zero-order valence-corrected chi connectivity index (χ0v) is 14.7. The highest BCUT2D eigenvalue weighted by Gasteiger charge is 2.21. The minimum atomic E-state index is -0.218. The molecule has 1 aliphatic heterocycles. The van der Waals surface area contributed by atoms with E-state index in [1.54, 1.807) is 0 Å². The Labute approximate surface area is 139 Å². The maximum atomic E-state index is 6.00. The molecule has 120 valence electrons. The topological polar surface area (TPSA) is 12.5 Å². The quantitative estimate of drug-likeness (QED) is 0.780. The molecule has 2 heteroatoms. The van der Waals surface area contributed by atoms with Gasteiger partial charge in [-0.1, -0.05) is 29.8 Å². The predicted molar refractivity (Wildman–Crippen MR) is 98.2 cm³/mol. The Morgan fingerprint density at radius 3 is 2.57 bits per heavy atom. The van der Waals surface area contributed by atoms with Crippen LogP contribution >= 0.6 is 0 Å². The fraction of sp³-hybridized carbons (Fsp3) is 0.333. The summed E-state index contributed by atoms with van der Waals surface area (Å²) in [5.74, 6) is 0.968.